The Hall–Kier alpha value is -3.96. The van der Waals surface area contributed by atoms with Gasteiger partial charge in [-0.05, 0) is 40.1 Å². The molecular formula is C29H22N2O2S. The predicted octanol–water partition coefficient (Wildman–Crippen LogP) is 6.48. The SMILES string of the molecule is O=C1COc2ccc(-c3csc(Cc4ccccc4)n3)cc2N1Cc1cccc2ccccc12. The lowest BCUT2D eigenvalue weighted by Crippen LogP contribution is -2.38. The maximum absolute atomic E-state index is 12.9. The highest BCUT2D eigenvalue weighted by Crippen LogP contribution is 2.37. The van der Waals surface area contributed by atoms with Gasteiger partial charge in [0.1, 0.15) is 5.75 Å². The smallest absolute Gasteiger partial charge is 0.265 e. The Balaban J connectivity index is 1.33. The summed E-state index contributed by atoms with van der Waals surface area (Å²) in [5.41, 5.74) is 5.05. The lowest BCUT2D eigenvalue weighted by Gasteiger charge is -2.30. The lowest BCUT2D eigenvalue weighted by atomic mass is 10.0. The Kier molecular flexibility index (Phi) is 5.32. The third kappa shape index (κ3) is 3.95. The molecule has 1 aliphatic rings. The summed E-state index contributed by atoms with van der Waals surface area (Å²) in [5.74, 6) is 0.684. The second kappa shape index (κ2) is 8.76. The lowest BCUT2D eigenvalue weighted by molar-refractivity contribution is -0.121. The molecule has 4 nitrogen and oxygen atoms in total. The molecule has 166 valence electrons. The average molecular weight is 463 g/mol. The van der Waals surface area contributed by atoms with Crippen molar-refractivity contribution in [2.24, 2.45) is 0 Å². The van der Waals surface area contributed by atoms with Crippen LogP contribution in [0.5, 0.6) is 5.75 Å². The number of amides is 1. The highest BCUT2D eigenvalue weighted by molar-refractivity contribution is 7.10. The molecule has 0 atom stereocenters. The van der Waals surface area contributed by atoms with Crippen LogP contribution >= 0.6 is 11.3 Å². The van der Waals surface area contributed by atoms with Crippen LogP contribution < -0.4 is 9.64 Å². The summed E-state index contributed by atoms with van der Waals surface area (Å²) in [4.78, 5) is 19.6. The van der Waals surface area contributed by atoms with Gasteiger partial charge in [0, 0.05) is 17.4 Å². The molecule has 0 aliphatic carbocycles. The first-order chi connectivity index (χ1) is 16.7. The number of ether oxygens (including phenoxy) is 1. The molecule has 1 amide bonds. The Morgan fingerprint density at radius 1 is 0.912 bits per heavy atom. The Morgan fingerprint density at radius 3 is 2.65 bits per heavy atom. The molecule has 4 aromatic carbocycles. The van der Waals surface area contributed by atoms with Crippen molar-refractivity contribution in [1.29, 1.82) is 0 Å². The third-order valence-electron chi connectivity index (χ3n) is 6.16. The normalized spacial score (nSPS) is 13.1. The minimum absolute atomic E-state index is 0.0411. The van der Waals surface area contributed by atoms with E-state index in [1.165, 1.54) is 10.9 Å². The van der Waals surface area contributed by atoms with Crippen LogP contribution in [0.2, 0.25) is 0 Å². The molecule has 0 spiro atoms. The van der Waals surface area contributed by atoms with E-state index in [0.717, 1.165) is 45.1 Å². The molecule has 0 bridgehead atoms. The molecule has 0 radical (unpaired) electrons. The van der Waals surface area contributed by atoms with E-state index in [1.54, 1.807) is 11.3 Å². The van der Waals surface area contributed by atoms with Gasteiger partial charge in [-0.15, -0.1) is 11.3 Å². The number of benzene rings is 4. The molecular weight excluding hydrogens is 440 g/mol. The van der Waals surface area contributed by atoms with Gasteiger partial charge in [-0.2, -0.15) is 0 Å². The molecule has 0 unspecified atom stereocenters. The zero-order valence-electron chi connectivity index (χ0n) is 18.5. The van der Waals surface area contributed by atoms with Gasteiger partial charge in [0.2, 0.25) is 0 Å². The summed E-state index contributed by atoms with van der Waals surface area (Å²) < 4.78 is 5.76. The molecule has 2 heterocycles. The van der Waals surface area contributed by atoms with E-state index in [9.17, 15) is 4.79 Å². The van der Waals surface area contributed by atoms with Gasteiger partial charge in [0.25, 0.3) is 5.91 Å². The van der Waals surface area contributed by atoms with Crippen LogP contribution in [0.25, 0.3) is 22.0 Å². The Bertz CT molecular complexity index is 1490. The van der Waals surface area contributed by atoms with Gasteiger partial charge in [0.05, 0.1) is 22.9 Å². The zero-order chi connectivity index (χ0) is 22.9. The standard InChI is InChI=1S/C29H22N2O2S/c32-29-18-33-27-14-13-22(25-19-34-28(30-25)15-20-7-2-1-3-8-20)16-26(27)31(29)17-23-11-6-10-21-9-4-5-12-24(21)23/h1-14,16,19H,15,17-18H2. The van der Waals surface area contributed by atoms with Gasteiger partial charge < -0.3 is 9.64 Å². The molecule has 0 saturated heterocycles. The summed E-state index contributed by atoms with van der Waals surface area (Å²) in [6.07, 6.45) is 0.811. The highest BCUT2D eigenvalue weighted by Gasteiger charge is 2.27. The van der Waals surface area contributed by atoms with Crippen molar-refractivity contribution < 1.29 is 9.53 Å². The number of carbonyl (C=O) groups excluding carboxylic acids is 1. The first kappa shape index (κ1) is 20.6. The number of nitrogens with zero attached hydrogens (tertiary/aromatic N) is 2. The molecule has 1 aromatic heterocycles. The predicted molar refractivity (Wildman–Crippen MR) is 137 cm³/mol. The fraction of sp³-hybridized carbons (Fsp3) is 0.103. The maximum atomic E-state index is 12.9. The average Bonchev–Trinajstić information content (AvgIpc) is 3.35. The number of fused-ring (bicyclic) bond motifs is 2. The summed E-state index contributed by atoms with van der Waals surface area (Å²) in [7, 11) is 0. The third-order valence-corrected chi connectivity index (χ3v) is 7.00. The molecule has 5 heteroatoms. The van der Waals surface area contributed by atoms with Gasteiger partial charge >= 0.3 is 0 Å². The number of hydrogen-bond donors (Lipinski definition) is 0. The van der Waals surface area contributed by atoms with Gasteiger partial charge in [-0.25, -0.2) is 4.98 Å². The zero-order valence-corrected chi connectivity index (χ0v) is 19.3. The minimum atomic E-state index is -0.0411. The van der Waals surface area contributed by atoms with Crippen LogP contribution in [0.3, 0.4) is 0 Å². The second-order valence-electron chi connectivity index (χ2n) is 8.38. The van der Waals surface area contributed by atoms with E-state index in [-0.39, 0.29) is 12.5 Å². The van der Waals surface area contributed by atoms with E-state index in [2.05, 4.69) is 53.9 Å². The van der Waals surface area contributed by atoms with E-state index in [1.807, 2.05) is 47.4 Å². The summed E-state index contributed by atoms with van der Waals surface area (Å²) in [5, 5.41) is 5.48. The Morgan fingerprint density at radius 2 is 1.74 bits per heavy atom. The van der Waals surface area contributed by atoms with Crippen LogP contribution in [0.4, 0.5) is 5.69 Å². The molecule has 0 saturated carbocycles. The van der Waals surface area contributed by atoms with Crippen LogP contribution in [-0.2, 0) is 17.8 Å². The van der Waals surface area contributed by atoms with Gasteiger partial charge in [-0.3, -0.25) is 4.79 Å². The van der Waals surface area contributed by atoms with Crippen molar-refractivity contribution in [3.05, 3.63) is 113 Å². The van der Waals surface area contributed by atoms with Gasteiger partial charge in [-0.1, -0.05) is 72.8 Å². The second-order valence-corrected chi connectivity index (χ2v) is 9.32. The fourth-order valence-corrected chi connectivity index (χ4v) is 5.27. The summed E-state index contributed by atoms with van der Waals surface area (Å²) in [6, 6.07) is 30.9. The van der Waals surface area contributed by atoms with Crippen molar-refractivity contribution in [2.75, 3.05) is 11.5 Å². The van der Waals surface area contributed by atoms with Crippen LogP contribution in [0.15, 0.2) is 96.4 Å². The number of hydrogen-bond acceptors (Lipinski definition) is 4. The van der Waals surface area contributed by atoms with Crippen molar-refractivity contribution >= 4 is 33.7 Å². The molecule has 0 fully saturated rings. The fourth-order valence-electron chi connectivity index (χ4n) is 4.43. The summed E-state index contributed by atoms with van der Waals surface area (Å²) in [6.45, 7) is 0.547. The number of anilines is 1. The monoisotopic (exact) mass is 462 g/mol. The maximum Gasteiger partial charge on any atom is 0.265 e. The first-order valence-corrected chi connectivity index (χ1v) is 12.2. The van der Waals surface area contributed by atoms with E-state index < -0.39 is 0 Å². The number of carbonyl (C=O) groups is 1. The van der Waals surface area contributed by atoms with Crippen molar-refractivity contribution in [3.63, 3.8) is 0 Å². The van der Waals surface area contributed by atoms with E-state index in [4.69, 9.17) is 9.72 Å². The van der Waals surface area contributed by atoms with Crippen LogP contribution in [0, 0.1) is 0 Å². The van der Waals surface area contributed by atoms with E-state index >= 15 is 0 Å². The molecule has 1 aliphatic heterocycles. The van der Waals surface area contributed by atoms with Crippen molar-refractivity contribution in [2.45, 2.75) is 13.0 Å². The largest absolute Gasteiger partial charge is 0.482 e. The van der Waals surface area contributed by atoms with Crippen molar-refractivity contribution in [1.82, 2.24) is 4.98 Å². The quantitative estimate of drug-likeness (QED) is 0.300. The Labute approximate surface area is 202 Å². The van der Waals surface area contributed by atoms with Crippen LogP contribution in [-0.4, -0.2) is 17.5 Å². The molecule has 34 heavy (non-hydrogen) atoms. The first-order valence-electron chi connectivity index (χ1n) is 11.3. The van der Waals surface area contributed by atoms with E-state index in [0.29, 0.717) is 6.54 Å². The number of thiazole rings is 1. The molecule has 0 N–H and O–H groups in total. The van der Waals surface area contributed by atoms with Gasteiger partial charge in [0.15, 0.2) is 6.61 Å². The highest BCUT2D eigenvalue weighted by atomic mass is 32.1. The minimum Gasteiger partial charge on any atom is -0.482 e. The van der Waals surface area contributed by atoms with Crippen molar-refractivity contribution in [3.8, 4) is 17.0 Å². The summed E-state index contributed by atoms with van der Waals surface area (Å²) >= 11 is 1.66. The topological polar surface area (TPSA) is 42.4 Å². The molecule has 5 aromatic rings. The molecule has 6 rings (SSSR count). The van der Waals surface area contributed by atoms with Crippen LogP contribution in [0.1, 0.15) is 16.1 Å². The number of aromatic nitrogens is 1. The number of rotatable bonds is 5.